The summed E-state index contributed by atoms with van der Waals surface area (Å²) in [6.07, 6.45) is -4.25. The van der Waals surface area contributed by atoms with Crippen molar-refractivity contribution in [2.75, 3.05) is 26.0 Å². The fourth-order valence-electron chi connectivity index (χ4n) is 4.67. The van der Waals surface area contributed by atoms with E-state index >= 15 is 0 Å². The van der Waals surface area contributed by atoms with E-state index in [0.29, 0.717) is 13.8 Å². The highest BCUT2D eigenvalue weighted by Crippen LogP contribution is 2.31. The highest BCUT2D eigenvalue weighted by atomic mass is 32.2. The number of hydrogen-bond donors (Lipinski definition) is 0. The van der Waals surface area contributed by atoms with Gasteiger partial charge in [0.25, 0.3) is 5.56 Å². The summed E-state index contributed by atoms with van der Waals surface area (Å²) in [4.78, 5) is 31.6. The Hall–Kier alpha value is -3.96. The molecular weight excluding hydrogens is 628 g/mol. The maximum absolute atomic E-state index is 14.9. The van der Waals surface area contributed by atoms with Gasteiger partial charge in [-0.1, -0.05) is 74.1 Å². The van der Waals surface area contributed by atoms with Crippen molar-refractivity contribution < 1.29 is 44.3 Å². The third-order valence-electron chi connectivity index (χ3n) is 6.97. The zero-order valence-electron chi connectivity index (χ0n) is 41.0. The van der Waals surface area contributed by atoms with Crippen molar-refractivity contribution in [3.8, 4) is 11.1 Å². The van der Waals surface area contributed by atoms with Crippen LogP contribution in [0.4, 0.5) is 17.6 Å². The first-order valence-corrected chi connectivity index (χ1v) is 14.9. The molecule has 0 saturated carbocycles. The van der Waals surface area contributed by atoms with Crippen LogP contribution in [0, 0.1) is 5.82 Å². The summed E-state index contributed by atoms with van der Waals surface area (Å²) in [6.45, 7) is -17.3. The number of amides is 1. The number of likely N-dealkylation sites (N-methyl/N-ethyl adjacent to an activating group) is 1. The van der Waals surface area contributed by atoms with Crippen molar-refractivity contribution in [3.05, 3.63) is 117 Å². The van der Waals surface area contributed by atoms with E-state index in [1.807, 2.05) is 0 Å². The Labute approximate surface area is 298 Å². The van der Waals surface area contributed by atoms with Gasteiger partial charge in [0, 0.05) is 47.4 Å². The number of thioether (sulfide) groups is 1. The minimum atomic E-state index is -4.64. The van der Waals surface area contributed by atoms with E-state index < -0.39 is 114 Å². The molecule has 6 nitrogen and oxygen atoms in total. The topological polar surface area (TPSA) is 58.4 Å². The van der Waals surface area contributed by atoms with E-state index in [1.165, 1.54) is 12.1 Å². The van der Waals surface area contributed by atoms with Gasteiger partial charge in [0.2, 0.25) is 5.91 Å². The lowest BCUT2D eigenvalue weighted by Crippen LogP contribution is -2.40. The van der Waals surface area contributed by atoms with Gasteiger partial charge in [-0.05, 0) is 78.7 Å². The molecule has 4 aromatic rings. The maximum Gasteiger partial charge on any atom is 0.416 e. The third-order valence-corrected chi connectivity index (χ3v) is 7.78. The summed E-state index contributed by atoms with van der Waals surface area (Å²) in [5, 5.41) is -0.679. The van der Waals surface area contributed by atoms with E-state index in [9.17, 15) is 29.9 Å². The van der Waals surface area contributed by atoms with Crippen molar-refractivity contribution in [3.63, 3.8) is 0 Å². The molecule has 1 heterocycles. The van der Waals surface area contributed by atoms with Gasteiger partial charge in [0.1, 0.15) is 12.4 Å². The zero-order valence-corrected chi connectivity index (χ0v) is 25.8. The van der Waals surface area contributed by atoms with Gasteiger partial charge in [-0.3, -0.25) is 9.59 Å². The highest BCUT2D eigenvalue weighted by Gasteiger charge is 2.30. The van der Waals surface area contributed by atoms with Gasteiger partial charge < -0.3 is 14.4 Å². The molecule has 11 heteroatoms. The first-order valence-electron chi connectivity index (χ1n) is 22.1. The number of halogens is 4. The van der Waals surface area contributed by atoms with Crippen LogP contribution in [0.1, 0.15) is 70.1 Å². The molecule has 1 aliphatic carbocycles. The van der Waals surface area contributed by atoms with E-state index in [-0.39, 0.29) is 63.2 Å². The molecule has 5 rings (SSSR count). The first-order chi connectivity index (χ1) is 28.6. The molecule has 0 radical (unpaired) electrons. The number of fused-ring (bicyclic) bond motifs is 1. The van der Waals surface area contributed by atoms with Crippen LogP contribution in [0.2, 0.25) is 0 Å². The summed E-state index contributed by atoms with van der Waals surface area (Å²) >= 11 is -0.00476. The van der Waals surface area contributed by atoms with Crippen LogP contribution < -0.4 is 5.56 Å². The molecular formula is C36H38F4N4O2S. The van der Waals surface area contributed by atoms with Gasteiger partial charge in [0.05, 0.1) is 16.5 Å². The number of carbonyl (C=O) groups excluding carboxylic acids is 1. The van der Waals surface area contributed by atoms with Crippen molar-refractivity contribution in [1.82, 2.24) is 19.4 Å². The van der Waals surface area contributed by atoms with Crippen LogP contribution in [0.25, 0.3) is 11.1 Å². The fraction of sp³-hybridized carbons (Fsp3) is 0.361. The monoisotopic (exact) mass is 682 g/mol. The standard InChI is InChI=1S/C36H38F4N4O2S/c1-3-42(4-2)20-21-43(22-25-8-12-27(13-9-25)28-14-16-29(17-15-28)36(38,39)40)33(45)23-44-32-7-5-6-31(32)34(46)41-35(44)47-24-26-10-18-30(37)19-11-26/h8-19H,3-7,20-24H2,1-2H3/i3D2,4D2,10D,11D,18D,19D,20D2,21D2,22D2,24D2. The van der Waals surface area contributed by atoms with Gasteiger partial charge in [0.15, 0.2) is 5.16 Å². The summed E-state index contributed by atoms with van der Waals surface area (Å²) in [7, 11) is 0. The van der Waals surface area contributed by atoms with Crippen LogP contribution >= 0.6 is 11.8 Å². The van der Waals surface area contributed by atoms with Crippen LogP contribution in [0.15, 0.2) is 82.7 Å². The predicted octanol–water partition coefficient (Wildman–Crippen LogP) is 7.22. The van der Waals surface area contributed by atoms with Crippen LogP contribution in [0.3, 0.4) is 0 Å². The molecule has 0 fully saturated rings. The van der Waals surface area contributed by atoms with E-state index in [1.54, 1.807) is 0 Å². The summed E-state index contributed by atoms with van der Waals surface area (Å²) in [6, 6.07) is 3.74. The average Bonchev–Trinajstić information content (AvgIpc) is 3.64. The summed E-state index contributed by atoms with van der Waals surface area (Å²) < 4.78 is 193. The third kappa shape index (κ3) is 8.70. The Morgan fingerprint density at radius 3 is 2.21 bits per heavy atom. The molecule has 1 aliphatic rings. The Morgan fingerprint density at radius 1 is 0.957 bits per heavy atom. The fourth-order valence-corrected chi connectivity index (χ4v) is 5.38. The molecule has 1 amide bonds. The average molecular weight is 683 g/mol. The van der Waals surface area contributed by atoms with E-state index in [4.69, 9.17) is 19.2 Å². The molecule has 0 bridgehead atoms. The summed E-state index contributed by atoms with van der Waals surface area (Å²) in [5.74, 6) is -3.22. The molecule has 0 spiro atoms. The Kier molecular flexibility index (Phi) is 6.23. The highest BCUT2D eigenvalue weighted by molar-refractivity contribution is 7.98. The molecule has 0 N–H and O–H groups in total. The lowest BCUT2D eigenvalue weighted by Gasteiger charge is -2.28. The molecule has 3 aromatic carbocycles. The number of alkyl halides is 3. The van der Waals surface area contributed by atoms with Crippen LogP contribution in [0.5, 0.6) is 0 Å². The van der Waals surface area contributed by atoms with Crippen LogP contribution in [-0.2, 0) is 42.6 Å². The number of rotatable bonds is 13. The molecule has 0 saturated heterocycles. The Bertz CT molecular complexity index is 2430. The number of hydrogen-bond acceptors (Lipinski definition) is 5. The second-order valence-electron chi connectivity index (χ2n) is 9.96. The molecule has 0 aliphatic heterocycles. The molecule has 47 heavy (non-hydrogen) atoms. The Morgan fingerprint density at radius 2 is 1.60 bits per heavy atom. The molecule has 1 aromatic heterocycles. The number of carbonyl (C=O) groups is 1. The second-order valence-corrected chi connectivity index (χ2v) is 10.7. The van der Waals surface area contributed by atoms with Crippen molar-refractivity contribution in [2.24, 2.45) is 0 Å². The van der Waals surface area contributed by atoms with Crippen LogP contribution in [-0.4, -0.2) is 51.2 Å². The van der Waals surface area contributed by atoms with Gasteiger partial charge >= 0.3 is 6.18 Å². The SMILES string of the molecule is [2H]c1c([2H])c(C([2H])([2H])Sc2nc(=O)c3c(n2CC(=O)N(C([2H])([2H])c2ccc(-c4ccc(C(F)(F)F)cc4)cc2)C([2H])([2H])C([2H])([2H])N(C([2H])([2H])C)C([2H])([2H])C)CCC3)c([2H])c([2H])c1F. The molecule has 248 valence electrons. The molecule has 0 unspecified atom stereocenters. The molecule has 0 atom stereocenters. The van der Waals surface area contributed by atoms with Crippen molar-refractivity contribution >= 4 is 17.7 Å². The van der Waals surface area contributed by atoms with Gasteiger partial charge in [-0.2, -0.15) is 18.2 Å². The Balaban J connectivity index is 1.70. The number of nitrogens with zero attached hydrogens (tertiary/aromatic N) is 4. The quantitative estimate of drug-likeness (QED) is 0.0847. The van der Waals surface area contributed by atoms with Crippen molar-refractivity contribution in [2.45, 2.75) is 63.2 Å². The minimum Gasteiger partial charge on any atom is -0.336 e. The minimum absolute atomic E-state index is 0.00476. The lowest BCUT2D eigenvalue weighted by molar-refractivity contribution is -0.137. The lowest BCUT2D eigenvalue weighted by atomic mass is 10.0. The first kappa shape index (κ1) is 19.1. The van der Waals surface area contributed by atoms with E-state index in [2.05, 4.69) is 4.98 Å². The van der Waals surface area contributed by atoms with Gasteiger partial charge in [-0.25, -0.2) is 4.39 Å². The van der Waals surface area contributed by atoms with Crippen molar-refractivity contribution in [1.29, 1.82) is 0 Å². The zero-order chi connectivity index (χ0) is 47.8. The second kappa shape index (κ2) is 15.3. The predicted molar refractivity (Wildman–Crippen MR) is 177 cm³/mol. The normalized spacial score (nSPS) is 19.6. The largest absolute Gasteiger partial charge is 0.416 e. The van der Waals surface area contributed by atoms with E-state index in [0.717, 1.165) is 41.0 Å². The number of benzene rings is 3. The number of aromatic nitrogens is 2. The van der Waals surface area contributed by atoms with Gasteiger partial charge in [-0.15, -0.1) is 0 Å². The maximum atomic E-state index is 14.9. The summed E-state index contributed by atoms with van der Waals surface area (Å²) in [5.41, 5.74) is -5.92. The smallest absolute Gasteiger partial charge is 0.336 e.